The Kier molecular flexibility index (Phi) is 4.82. The van der Waals surface area contributed by atoms with Crippen LogP contribution < -0.4 is 10.6 Å². The standard InChI is InChI=1S/C16H18N2O3S/c1-16(2,3)21-15(20)18-13-6-4-12(5-7-13)17-14(19)11-8-9-22-10-11/h4-10H,1-3H3,(H,17,19)(H,18,20). The molecule has 0 unspecified atom stereocenters. The third-order valence-electron chi connectivity index (χ3n) is 2.57. The number of hydrogen-bond acceptors (Lipinski definition) is 4. The molecular weight excluding hydrogens is 300 g/mol. The number of rotatable bonds is 3. The molecule has 0 fully saturated rings. The Morgan fingerprint density at radius 3 is 2.09 bits per heavy atom. The van der Waals surface area contributed by atoms with E-state index in [-0.39, 0.29) is 5.91 Å². The molecular formula is C16H18N2O3S. The Hall–Kier alpha value is -2.34. The summed E-state index contributed by atoms with van der Waals surface area (Å²) < 4.78 is 5.17. The number of nitrogens with one attached hydrogen (secondary N) is 2. The molecule has 2 N–H and O–H groups in total. The lowest BCUT2D eigenvalue weighted by atomic mass is 10.2. The maximum atomic E-state index is 11.9. The molecule has 0 spiro atoms. The predicted octanol–water partition coefficient (Wildman–Crippen LogP) is 4.35. The van der Waals surface area contributed by atoms with Crippen LogP contribution >= 0.6 is 11.3 Å². The largest absolute Gasteiger partial charge is 0.444 e. The number of amides is 2. The minimum Gasteiger partial charge on any atom is -0.444 e. The second-order valence-electron chi connectivity index (χ2n) is 5.67. The summed E-state index contributed by atoms with van der Waals surface area (Å²) in [6.07, 6.45) is -0.512. The van der Waals surface area contributed by atoms with Gasteiger partial charge in [0.1, 0.15) is 5.60 Å². The van der Waals surface area contributed by atoms with E-state index in [1.54, 1.807) is 56.5 Å². The predicted molar refractivity (Wildman–Crippen MR) is 88.6 cm³/mol. The van der Waals surface area contributed by atoms with Gasteiger partial charge in [-0.05, 0) is 56.5 Å². The first-order valence-electron chi connectivity index (χ1n) is 6.77. The highest BCUT2D eigenvalue weighted by Gasteiger charge is 2.16. The zero-order valence-corrected chi connectivity index (χ0v) is 13.5. The van der Waals surface area contributed by atoms with Crippen LogP contribution in [0.4, 0.5) is 16.2 Å². The third-order valence-corrected chi connectivity index (χ3v) is 3.25. The SMILES string of the molecule is CC(C)(C)OC(=O)Nc1ccc(NC(=O)c2ccsc2)cc1. The van der Waals surface area contributed by atoms with Gasteiger partial charge in [0.15, 0.2) is 0 Å². The quantitative estimate of drug-likeness (QED) is 0.884. The van der Waals surface area contributed by atoms with Gasteiger partial charge in [-0.15, -0.1) is 0 Å². The number of anilines is 2. The van der Waals surface area contributed by atoms with Crippen LogP contribution in [0.25, 0.3) is 0 Å². The van der Waals surface area contributed by atoms with Crippen molar-refractivity contribution in [3.8, 4) is 0 Å². The average Bonchev–Trinajstić information content (AvgIpc) is 2.92. The normalized spacial score (nSPS) is 10.9. The number of thiophene rings is 1. The third kappa shape index (κ3) is 4.89. The van der Waals surface area contributed by atoms with Crippen LogP contribution in [0.2, 0.25) is 0 Å². The van der Waals surface area contributed by atoms with E-state index in [1.165, 1.54) is 11.3 Å². The summed E-state index contributed by atoms with van der Waals surface area (Å²) in [5.41, 5.74) is 1.34. The molecule has 5 nitrogen and oxygen atoms in total. The molecule has 0 atom stereocenters. The molecule has 0 aliphatic heterocycles. The van der Waals surface area contributed by atoms with E-state index < -0.39 is 11.7 Å². The van der Waals surface area contributed by atoms with Crippen molar-refractivity contribution >= 4 is 34.7 Å². The molecule has 116 valence electrons. The van der Waals surface area contributed by atoms with E-state index in [9.17, 15) is 9.59 Å². The molecule has 2 rings (SSSR count). The second kappa shape index (κ2) is 6.62. The molecule has 1 aromatic heterocycles. The summed E-state index contributed by atoms with van der Waals surface area (Å²) in [4.78, 5) is 23.5. The van der Waals surface area contributed by atoms with Gasteiger partial charge < -0.3 is 10.1 Å². The Morgan fingerprint density at radius 1 is 1.00 bits per heavy atom. The molecule has 6 heteroatoms. The highest BCUT2D eigenvalue weighted by molar-refractivity contribution is 7.08. The van der Waals surface area contributed by atoms with Crippen LogP contribution in [0.5, 0.6) is 0 Å². The average molecular weight is 318 g/mol. The number of hydrogen-bond donors (Lipinski definition) is 2. The first-order chi connectivity index (χ1) is 10.3. The Bertz CT molecular complexity index is 643. The van der Waals surface area contributed by atoms with Gasteiger partial charge in [0.2, 0.25) is 0 Å². The van der Waals surface area contributed by atoms with Crippen LogP contribution in [-0.4, -0.2) is 17.6 Å². The Morgan fingerprint density at radius 2 is 1.59 bits per heavy atom. The topological polar surface area (TPSA) is 67.4 Å². The number of benzene rings is 1. The Balaban J connectivity index is 1.93. The maximum Gasteiger partial charge on any atom is 0.412 e. The van der Waals surface area contributed by atoms with E-state index in [0.29, 0.717) is 16.9 Å². The van der Waals surface area contributed by atoms with Crippen molar-refractivity contribution < 1.29 is 14.3 Å². The minimum absolute atomic E-state index is 0.158. The molecule has 0 aliphatic rings. The van der Waals surface area contributed by atoms with Crippen molar-refractivity contribution in [2.45, 2.75) is 26.4 Å². The highest BCUT2D eigenvalue weighted by Crippen LogP contribution is 2.16. The fraction of sp³-hybridized carbons (Fsp3) is 0.250. The minimum atomic E-state index is -0.543. The van der Waals surface area contributed by atoms with Gasteiger partial charge >= 0.3 is 6.09 Å². The zero-order chi connectivity index (χ0) is 16.2. The summed E-state index contributed by atoms with van der Waals surface area (Å²) in [5, 5.41) is 9.06. The molecule has 2 amide bonds. The van der Waals surface area contributed by atoms with E-state index in [4.69, 9.17) is 4.74 Å². The number of ether oxygens (including phenoxy) is 1. The lowest BCUT2D eigenvalue weighted by Gasteiger charge is -2.19. The molecule has 2 aromatic rings. The summed E-state index contributed by atoms with van der Waals surface area (Å²) >= 11 is 1.47. The van der Waals surface area contributed by atoms with Gasteiger partial charge in [0, 0.05) is 16.8 Å². The second-order valence-corrected chi connectivity index (χ2v) is 6.45. The van der Waals surface area contributed by atoms with Gasteiger partial charge in [0.25, 0.3) is 5.91 Å². The zero-order valence-electron chi connectivity index (χ0n) is 12.7. The van der Waals surface area contributed by atoms with E-state index in [0.717, 1.165) is 0 Å². The van der Waals surface area contributed by atoms with Gasteiger partial charge in [-0.2, -0.15) is 11.3 Å². The Labute approximate surface area is 133 Å². The summed E-state index contributed by atoms with van der Waals surface area (Å²) in [6.45, 7) is 5.40. The van der Waals surface area contributed by atoms with Gasteiger partial charge in [-0.3, -0.25) is 10.1 Å². The molecule has 1 aromatic carbocycles. The summed E-state index contributed by atoms with van der Waals surface area (Å²) in [7, 11) is 0. The summed E-state index contributed by atoms with van der Waals surface area (Å²) in [6, 6.07) is 8.60. The molecule has 0 radical (unpaired) electrons. The van der Waals surface area contributed by atoms with Crippen LogP contribution in [0.15, 0.2) is 41.1 Å². The first kappa shape index (κ1) is 16.0. The smallest absolute Gasteiger partial charge is 0.412 e. The van der Waals surface area contributed by atoms with Crippen molar-refractivity contribution in [2.24, 2.45) is 0 Å². The van der Waals surface area contributed by atoms with Gasteiger partial charge in [0.05, 0.1) is 5.56 Å². The van der Waals surface area contributed by atoms with Gasteiger partial charge in [-0.1, -0.05) is 0 Å². The van der Waals surface area contributed by atoms with Crippen molar-refractivity contribution in [3.05, 3.63) is 46.7 Å². The number of carbonyl (C=O) groups excluding carboxylic acids is 2. The van der Waals surface area contributed by atoms with Crippen molar-refractivity contribution in [1.82, 2.24) is 0 Å². The fourth-order valence-corrected chi connectivity index (χ4v) is 2.29. The molecule has 0 aliphatic carbocycles. The lowest BCUT2D eigenvalue weighted by Crippen LogP contribution is -2.27. The maximum absolute atomic E-state index is 11.9. The van der Waals surface area contributed by atoms with Crippen molar-refractivity contribution in [2.75, 3.05) is 10.6 Å². The van der Waals surface area contributed by atoms with E-state index in [2.05, 4.69) is 10.6 Å². The summed E-state index contributed by atoms with van der Waals surface area (Å²) in [5.74, 6) is -0.158. The van der Waals surface area contributed by atoms with E-state index >= 15 is 0 Å². The molecule has 0 saturated carbocycles. The molecule has 1 heterocycles. The molecule has 0 bridgehead atoms. The number of carbonyl (C=O) groups is 2. The van der Waals surface area contributed by atoms with Crippen molar-refractivity contribution in [1.29, 1.82) is 0 Å². The fourth-order valence-electron chi connectivity index (χ4n) is 1.66. The highest BCUT2D eigenvalue weighted by atomic mass is 32.1. The van der Waals surface area contributed by atoms with Crippen LogP contribution in [0.1, 0.15) is 31.1 Å². The monoisotopic (exact) mass is 318 g/mol. The van der Waals surface area contributed by atoms with Crippen LogP contribution in [0.3, 0.4) is 0 Å². The van der Waals surface area contributed by atoms with E-state index in [1.807, 2.05) is 5.38 Å². The van der Waals surface area contributed by atoms with Crippen LogP contribution in [0, 0.1) is 0 Å². The molecule has 22 heavy (non-hydrogen) atoms. The first-order valence-corrected chi connectivity index (χ1v) is 7.71. The molecule has 0 saturated heterocycles. The van der Waals surface area contributed by atoms with Crippen molar-refractivity contribution in [3.63, 3.8) is 0 Å². The van der Waals surface area contributed by atoms with Crippen LogP contribution in [-0.2, 0) is 4.74 Å². The van der Waals surface area contributed by atoms with Gasteiger partial charge in [-0.25, -0.2) is 4.79 Å². The lowest BCUT2D eigenvalue weighted by molar-refractivity contribution is 0.0635.